The van der Waals surface area contributed by atoms with E-state index in [0.717, 1.165) is 43.5 Å². The normalized spacial score (nSPS) is 17.4. The van der Waals surface area contributed by atoms with Gasteiger partial charge in [0.25, 0.3) is 0 Å². The summed E-state index contributed by atoms with van der Waals surface area (Å²) in [5, 5.41) is 13.3. The Labute approximate surface area is 131 Å². The van der Waals surface area contributed by atoms with E-state index in [0.29, 0.717) is 0 Å². The lowest BCUT2D eigenvalue weighted by Gasteiger charge is -2.31. The molecular formula is C17H25NO2S. The molecule has 0 atom stereocenters. The van der Waals surface area contributed by atoms with Crippen LogP contribution >= 0.6 is 11.8 Å². The Hall–Kier alpha value is -1.00. The first-order chi connectivity index (χ1) is 10.1. The van der Waals surface area contributed by atoms with Crippen LogP contribution in [0.2, 0.25) is 0 Å². The minimum Gasteiger partial charge on any atom is -0.389 e. The first-order valence-corrected chi connectivity index (χ1v) is 9.11. The number of nitrogens with one attached hydrogen (secondary N) is 1. The molecule has 3 nitrogen and oxygen atoms in total. The van der Waals surface area contributed by atoms with E-state index in [1.54, 1.807) is 0 Å². The highest BCUT2D eigenvalue weighted by atomic mass is 32.2. The predicted molar refractivity (Wildman–Crippen MR) is 89.8 cm³/mol. The summed E-state index contributed by atoms with van der Waals surface area (Å²) in [6.45, 7) is 0. The summed E-state index contributed by atoms with van der Waals surface area (Å²) in [6.07, 6.45) is 8.06. The average molecular weight is 307 g/mol. The standard InChI is InChI=1S/C17H25NO2S/c1-21-12-9-14-5-7-15(8-6-14)18-16(19)13-17(20)10-3-2-4-11-17/h5-8,20H,2-4,9-13H2,1H3,(H,18,19). The van der Waals surface area contributed by atoms with Gasteiger partial charge in [0.05, 0.1) is 12.0 Å². The fourth-order valence-electron chi connectivity index (χ4n) is 2.87. The van der Waals surface area contributed by atoms with E-state index >= 15 is 0 Å². The number of amides is 1. The molecule has 1 aliphatic carbocycles. The summed E-state index contributed by atoms with van der Waals surface area (Å²) in [7, 11) is 0. The third kappa shape index (κ3) is 5.36. The molecule has 0 bridgehead atoms. The van der Waals surface area contributed by atoms with Crippen LogP contribution in [0, 0.1) is 0 Å². The van der Waals surface area contributed by atoms with Gasteiger partial charge in [0.1, 0.15) is 0 Å². The quantitative estimate of drug-likeness (QED) is 0.844. The van der Waals surface area contributed by atoms with Crippen molar-refractivity contribution in [1.29, 1.82) is 0 Å². The van der Waals surface area contributed by atoms with E-state index < -0.39 is 5.60 Å². The van der Waals surface area contributed by atoms with Crippen LogP contribution < -0.4 is 5.32 Å². The van der Waals surface area contributed by atoms with Crippen LogP contribution in [0.5, 0.6) is 0 Å². The molecule has 0 radical (unpaired) electrons. The lowest BCUT2D eigenvalue weighted by atomic mass is 9.82. The molecule has 4 heteroatoms. The van der Waals surface area contributed by atoms with Gasteiger partial charge in [0.15, 0.2) is 0 Å². The van der Waals surface area contributed by atoms with Crippen LogP contribution in [0.1, 0.15) is 44.1 Å². The Morgan fingerprint density at radius 2 is 1.90 bits per heavy atom. The maximum atomic E-state index is 12.1. The summed E-state index contributed by atoms with van der Waals surface area (Å²) < 4.78 is 0. The van der Waals surface area contributed by atoms with Gasteiger partial charge in [-0.15, -0.1) is 0 Å². The van der Waals surface area contributed by atoms with Crippen LogP contribution in [0.4, 0.5) is 5.69 Å². The molecule has 0 saturated heterocycles. The smallest absolute Gasteiger partial charge is 0.227 e. The molecule has 1 aromatic carbocycles. The molecule has 1 saturated carbocycles. The molecule has 116 valence electrons. The number of rotatable bonds is 6. The first kappa shape index (κ1) is 16.4. The van der Waals surface area contributed by atoms with Crippen LogP contribution in [-0.4, -0.2) is 28.6 Å². The lowest BCUT2D eigenvalue weighted by Crippen LogP contribution is -2.35. The molecule has 0 unspecified atom stereocenters. The topological polar surface area (TPSA) is 49.3 Å². The molecule has 1 fully saturated rings. The molecular weight excluding hydrogens is 282 g/mol. The number of anilines is 1. The van der Waals surface area contributed by atoms with Gasteiger partial charge in [-0.2, -0.15) is 11.8 Å². The van der Waals surface area contributed by atoms with E-state index in [2.05, 4.69) is 23.7 Å². The molecule has 2 rings (SSSR count). The Morgan fingerprint density at radius 3 is 2.52 bits per heavy atom. The minimum atomic E-state index is -0.791. The zero-order valence-electron chi connectivity index (χ0n) is 12.7. The van der Waals surface area contributed by atoms with Gasteiger partial charge in [-0.05, 0) is 49.0 Å². The van der Waals surface area contributed by atoms with E-state index in [-0.39, 0.29) is 12.3 Å². The Bertz CT molecular complexity index is 452. The average Bonchev–Trinajstić information content (AvgIpc) is 2.46. The monoisotopic (exact) mass is 307 g/mol. The van der Waals surface area contributed by atoms with Gasteiger partial charge in [0, 0.05) is 5.69 Å². The highest BCUT2D eigenvalue weighted by Gasteiger charge is 2.31. The Balaban J connectivity index is 1.84. The summed E-state index contributed by atoms with van der Waals surface area (Å²) in [5.41, 5.74) is 1.31. The van der Waals surface area contributed by atoms with Gasteiger partial charge in [-0.1, -0.05) is 31.4 Å². The van der Waals surface area contributed by atoms with Crippen molar-refractivity contribution in [3.05, 3.63) is 29.8 Å². The molecule has 1 amide bonds. The molecule has 1 aliphatic rings. The fourth-order valence-corrected chi connectivity index (χ4v) is 3.31. The molecule has 0 spiro atoms. The molecule has 0 aliphatic heterocycles. The molecule has 0 aromatic heterocycles. The van der Waals surface area contributed by atoms with Gasteiger partial charge >= 0.3 is 0 Å². The number of hydrogen-bond donors (Lipinski definition) is 2. The first-order valence-electron chi connectivity index (χ1n) is 7.71. The molecule has 0 heterocycles. The second-order valence-corrected chi connectivity index (χ2v) is 6.94. The molecule has 2 N–H and O–H groups in total. The van der Waals surface area contributed by atoms with Crippen molar-refractivity contribution in [3.8, 4) is 0 Å². The summed E-state index contributed by atoms with van der Waals surface area (Å²) in [6, 6.07) is 8.00. The highest BCUT2D eigenvalue weighted by Crippen LogP contribution is 2.31. The minimum absolute atomic E-state index is 0.0868. The van der Waals surface area contributed by atoms with E-state index in [1.807, 2.05) is 23.9 Å². The van der Waals surface area contributed by atoms with Crippen molar-refractivity contribution in [2.24, 2.45) is 0 Å². The number of benzene rings is 1. The van der Waals surface area contributed by atoms with Crippen molar-refractivity contribution in [2.75, 3.05) is 17.3 Å². The maximum absolute atomic E-state index is 12.1. The van der Waals surface area contributed by atoms with Crippen molar-refractivity contribution in [1.82, 2.24) is 0 Å². The summed E-state index contributed by atoms with van der Waals surface area (Å²) in [4.78, 5) is 12.1. The number of aliphatic hydroxyl groups is 1. The Morgan fingerprint density at radius 1 is 1.24 bits per heavy atom. The van der Waals surface area contributed by atoms with Gasteiger partial charge < -0.3 is 10.4 Å². The van der Waals surface area contributed by atoms with Gasteiger partial charge in [-0.25, -0.2) is 0 Å². The zero-order chi connectivity index (χ0) is 15.1. The number of thioether (sulfide) groups is 1. The third-order valence-electron chi connectivity index (χ3n) is 4.11. The van der Waals surface area contributed by atoms with Crippen molar-refractivity contribution in [3.63, 3.8) is 0 Å². The van der Waals surface area contributed by atoms with E-state index in [4.69, 9.17) is 0 Å². The second-order valence-electron chi connectivity index (χ2n) is 5.95. The highest BCUT2D eigenvalue weighted by molar-refractivity contribution is 7.98. The van der Waals surface area contributed by atoms with Crippen LogP contribution in [-0.2, 0) is 11.2 Å². The van der Waals surface area contributed by atoms with Crippen molar-refractivity contribution >= 4 is 23.4 Å². The van der Waals surface area contributed by atoms with Gasteiger partial charge in [0.2, 0.25) is 5.91 Å². The largest absolute Gasteiger partial charge is 0.389 e. The Kier molecular flexibility index (Phi) is 6.12. The number of aryl methyl sites for hydroxylation is 1. The van der Waals surface area contributed by atoms with Crippen molar-refractivity contribution in [2.45, 2.75) is 50.5 Å². The van der Waals surface area contributed by atoms with Crippen LogP contribution in [0.15, 0.2) is 24.3 Å². The fraction of sp³-hybridized carbons (Fsp3) is 0.588. The van der Waals surface area contributed by atoms with Crippen LogP contribution in [0.3, 0.4) is 0 Å². The van der Waals surface area contributed by atoms with Crippen LogP contribution in [0.25, 0.3) is 0 Å². The SMILES string of the molecule is CSCCc1ccc(NC(=O)CC2(O)CCCCC2)cc1. The van der Waals surface area contributed by atoms with Gasteiger partial charge in [-0.3, -0.25) is 4.79 Å². The lowest BCUT2D eigenvalue weighted by molar-refractivity contribution is -0.122. The summed E-state index contributed by atoms with van der Waals surface area (Å²) in [5.74, 6) is 1.02. The van der Waals surface area contributed by atoms with Crippen molar-refractivity contribution < 1.29 is 9.90 Å². The maximum Gasteiger partial charge on any atom is 0.227 e. The zero-order valence-corrected chi connectivity index (χ0v) is 13.5. The van der Waals surface area contributed by atoms with E-state index in [9.17, 15) is 9.90 Å². The number of hydrogen-bond acceptors (Lipinski definition) is 3. The van der Waals surface area contributed by atoms with E-state index in [1.165, 1.54) is 12.0 Å². The predicted octanol–water partition coefficient (Wildman–Crippen LogP) is 3.62. The third-order valence-corrected chi connectivity index (χ3v) is 4.72. The molecule has 1 aromatic rings. The molecule has 21 heavy (non-hydrogen) atoms. The second kappa shape index (κ2) is 7.85. The number of carbonyl (C=O) groups is 1. The summed E-state index contributed by atoms with van der Waals surface area (Å²) >= 11 is 1.83. The number of carbonyl (C=O) groups excluding carboxylic acids is 1.